The first-order valence-electron chi connectivity index (χ1n) is 11.2. The number of hydrogen-bond donors (Lipinski definition) is 1. The fourth-order valence-electron chi connectivity index (χ4n) is 3.51. The lowest BCUT2D eigenvalue weighted by atomic mass is 10.1. The van der Waals surface area contributed by atoms with E-state index in [4.69, 9.17) is 32.7 Å². The van der Waals surface area contributed by atoms with Crippen LogP contribution in [0.4, 0.5) is 5.82 Å². The molecule has 4 rings (SSSR count). The molecule has 1 amide bonds. The maximum Gasteiger partial charge on any atom is 0.249 e. The van der Waals surface area contributed by atoms with E-state index >= 15 is 0 Å². The van der Waals surface area contributed by atoms with Crippen LogP contribution in [-0.2, 0) is 17.9 Å². The minimum absolute atomic E-state index is 0.302. The number of halogens is 2. The summed E-state index contributed by atoms with van der Waals surface area (Å²) >= 11 is 12.5. The van der Waals surface area contributed by atoms with Crippen molar-refractivity contribution in [2.75, 3.05) is 12.4 Å². The molecule has 0 aliphatic heterocycles. The summed E-state index contributed by atoms with van der Waals surface area (Å²) in [5.74, 6) is 1.62. The molecule has 0 saturated heterocycles. The molecule has 0 bridgehead atoms. The first-order valence-corrected chi connectivity index (χ1v) is 12.0. The SMILES string of the molecule is COc1ccc(/C=C/C(=O)Nc2ccn(Cc3c(Cl)cccc3Cl)n2)cc1COc1ccc(C)cc1. The maximum atomic E-state index is 12.5. The Bertz CT molecular complexity index is 1360. The molecule has 1 aromatic heterocycles. The van der Waals surface area contributed by atoms with Crippen LogP contribution < -0.4 is 14.8 Å². The van der Waals surface area contributed by atoms with Crippen molar-refractivity contribution in [1.29, 1.82) is 0 Å². The van der Waals surface area contributed by atoms with Crippen LogP contribution in [0.1, 0.15) is 22.3 Å². The van der Waals surface area contributed by atoms with Gasteiger partial charge in [0.15, 0.2) is 5.82 Å². The average Bonchev–Trinajstić information content (AvgIpc) is 3.31. The van der Waals surface area contributed by atoms with Gasteiger partial charge in [0, 0.05) is 39.5 Å². The van der Waals surface area contributed by atoms with Gasteiger partial charge in [-0.2, -0.15) is 5.10 Å². The summed E-state index contributed by atoms with van der Waals surface area (Å²) in [6, 6.07) is 20.6. The Morgan fingerprint density at radius 1 is 1.06 bits per heavy atom. The summed E-state index contributed by atoms with van der Waals surface area (Å²) < 4.78 is 13.0. The number of carbonyl (C=O) groups excluding carboxylic acids is 1. The van der Waals surface area contributed by atoms with E-state index < -0.39 is 0 Å². The number of methoxy groups -OCH3 is 1. The number of hydrogen-bond acceptors (Lipinski definition) is 4. The van der Waals surface area contributed by atoms with Crippen molar-refractivity contribution in [3.05, 3.63) is 111 Å². The Morgan fingerprint density at radius 2 is 1.81 bits per heavy atom. The molecule has 0 radical (unpaired) electrons. The van der Waals surface area contributed by atoms with Crippen LogP contribution in [0.3, 0.4) is 0 Å². The first kappa shape index (κ1) is 25.4. The highest BCUT2D eigenvalue weighted by Gasteiger charge is 2.09. The second kappa shape index (κ2) is 11.8. The maximum absolute atomic E-state index is 12.5. The van der Waals surface area contributed by atoms with Crippen LogP contribution >= 0.6 is 23.2 Å². The van der Waals surface area contributed by atoms with Gasteiger partial charge in [-0.15, -0.1) is 0 Å². The number of carbonyl (C=O) groups is 1. The zero-order valence-electron chi connectivity index (χ0n) is 19.9. The van der Waals surface area contributed by atoms with E-state index in [2.05, 4.69) is 10.4 Å². The molecule has 1 N–H and O–H groups in total. The summed E-state index contributed by atoms with van der Waals surface area (Å²) in [5, 5.41) is 8.27. The van der Waals surface area contributed by atoms with E-state index in [0.29, 0.717) is 34.8 Å². The summed E-state index contributed by atoms with van der Waals surface area (Å²) in [4.78, 5) is 12.5. The smallest absolute Gasteiger partial charge is 0.249 e. The van der Waals surface area contributed by atoms with Crippen LogP contribution in [-0.4, -0.2) is 22.8 Å². The Labute approximate surface area is 220 Å². The molecule has 4 aromatic rings. The fourth-order valence-corrected chi connectivity index (χ4v) is 4.03. The molecule has 0 unspecified atom stereocenters. The van der Waals surface area contributed by atoms with Crippen molar-refractivity contribution < 1.29 is 14.3 Å². The average molecular weight is 522 g/mol. The van der Waals surface area contributed by atoms with Crippen molar-refractivity contribution in [3.63, 3.8) is 0 Å². The van der Waals surface area contributed by atoms with Gasteiger partial charge < -0.3 is 14.8 Å². The summed E-state index contributed by atoms with van der Waals surface area (Å²) in [7, 11) is 1.62. The molecule has 0 spiro atoms. The Kier molecular flexibility index (Phi) is 8.31. The number of nitrogens with one attached hydrogen (secondary N) is 1. The second-order valence-corrected chi connectivity index (χ2v) is 8.91. The third-order valence-electron chi connectivity index (χ3n) is 5.42. The Balaban J connectivity index is 1.38. The van der Waals surface area contributed by atoms with Gasteiger partial charge in [-0.1, -0.05) is 53.0 Å². The van der Waals surface area contributed by atoms with Crippen LogP contribution in [0.2, 0.25) is 10.0 Å². The first-order chi connectivity index (χ1) is 17.4. The van der Waals surface area contributed by atoms with Crippen molar-refractivity contribution in [2.45, 2.75) is 20.1 Å². The molecule has 0 aliphatic carbocycles. The number of ether oxygens (including phenoxy) is 2. The Morgan fingerprint density at radius 3 is 2.53 bits per heavy atom. The standard InChI is InChI=1S/C28H25Cl2N3O3/c1-19-6-10-22(11-7-19)36-18-21-16-20(8-12-26(21)35-2)9-13-28(34)31-27-14-15-33(32-27)17-23-24(29)4-3-5-25(23)30/h3-16H,17-18H2,1-2H3,(H,31,32,34)/b13-9+. The fraction of sp³-hybridized carbons (Fsp3) is 0.143. The van der Waals surface area contributed by atoms with E-state index in [1.54, 1.807) is 48.3 Å². The quantitative estimate of drug-likeness (QED) is 0.246. The van der Waals surface area contributed by atoms with E-state index in [0.717, 1.165) is 22.4 Å². The highest BCUT2D eigenvalue weighted by molar-refractivity contribution is 6.35. The predicted molar refractivity (Wildman–Crippen MR) is 144 cm³/mol. The van der Waals surface area contributed by atoms with Crippen molar-refractivity contribution in [1.82, 2.24) is 9.78 Å². The van der Waals surface area contributed by atoms with Gasteiger partial charge in [0.2, 0.25) is 5.91 Å². The van der Waals surface area contributed by atoms with Gasteiger partial charge in [-0.25, -0.2) is 0 Å². The van der Waals surface area contributed by atoms with Crippen molar-refractivity contribution in [3.8, 4) is 11.5 Å². The topological polar surface area (TPSA) is 65.4 Å². The molecule has 6 nitrogen and oxygen atoms in total. The highest BCUT2D eigenvalue weighted by Crippen LogP contribution is 2.25. The van der Waals surface area contributed by atoms with Crippen LogP contribution in [0, 0.1) is 6.92 Å². The van der Waals surface area contributed by atoms with Crippen molar-refractivity contribution in [2.24, 2.45) is 0 Å². The Hall–Kier alpha value is -3.74. The molecule has 0 atom stereocenters. The summed E-state index contributed by atoms with van der Waals surface area (Å²) in [6.45, 7) is 2.76. The summed E-state index contributed by atoms with van der Waals surface area (Å²) in [6.07, 6.45) is 4.93. The predicted octanol–water partition coefficient (Wildman–Crippen LogP) is 6.79. The van der Waals surface area contributed by atoms with E-state index in [-0.39, 0.29) is 5.91 Å². The van der Waals surface area contributed by atoms with Gasteiger partial charge >= 0.3 is 0 Å². The van der Waals surface area contributed by atoms with Gasteiger partial charge in [0.25, 0.3) is 0 Å². The third-order valence-corrected chi connectivity index (χ3v) is 6.13. The van der Waals surface area contributed by atoms with Gasteiger partial charge in [0.05, 0.1) is 13.7 Å². The molecule has 3 aromatic carbocycles. The third kappa shape index (κ3) is 6.68. The van der Waals surface area contributed by atoms with Crippen LogP contribution in [0.5, 0.6) is 11.5 Å². The summed E-state index contributed by atoms with van der Waals surface area (Å²) in [5.41, 5.74) is 3.65. The normalized spacial score (nSPS) is 11.0. The molecule has 36 heavy (non-hydrogen) atoms. The van der Waals surface area contributed by atoms with Crippen molar-refractivity contribution >= 4 is 41.0 Å². The van der Waals surface area contributed by atoms with Crippen LogP contribution in [0.25, 0.3) is 6.08 Å². The number of nitrogens with zero attached hydrogens (tertiary/aromatic N) is 2. The number of aryl methyl sites for hydroxylation is 1. The lowest BCUT2D eigenvalue weighted by molar-refractivity contribution is -0.111. The molecule has 0 aliphatic rings. The van der Waals surface area contributed by atoms with E-state index in [1.807, 2.05) is 49.4 Å². The number of aromatic nitrogens is 2. The van der Waals surface area contributed by atoms with E-state index in [1.165, 1.54) is 11.6 Å². The molecule has 0 saturated carbocycles. The van der Waals surface area contributed by atoms with Gasteiger partial charge in [-0.05, 0) is 55.0 Å². The molecular weight excluding hydrogens is 497 g/mol. The van der Waals surface area contributed by atoms with Gasteiger partial charge in [-0.3, -0.25) is 9.48 Å². The van der Waals surface area contributed by atoms with E-state index in [9.17, 15) is 4.79 Å². The molecule has 184 valence electrons. The molecule has 1 heterocycles. The largest absolute Gasteiger partial charge is 0.496 e. The molecule has 8 heteroatoms. The number of benzene rings is 3. The zero-order chi connectivity index (χ0) is 25.5. The van der Waals surface area contributed by atoms with Crippen LogP contribution in [0.15, 0.2) is 79.0 Å². The number of rotatable bonds is 9. The zero-order valence-corrected chi connectivity index (χ0v) is 21.4. The minimum Gasteiger partial charge on any atom is -0.496 e. The number of amides is 1. The second-order valence-electron chi connectivity index (χ2n) is 8.09. The minimum atomic E-state index is -0.302. The van der Waals surface area contributed by atoms with Gasteiger partial charge in [0.1, 0.15) is 18.1 Å². The monoisotopic (exact) mass is 521 g/mol. The molecular formula is C28H25Cl2N3O3. The lowest BCUT2D eigenvalue weighted by Crippen LogP contribution is -2.09. The lowest BCUT2D eigenvalue weighted by Gasteiger charge is -2.11. The highest BCUT2D eigenvalue weighted by atomic mass is 35.5. The number of anilines is 1. The molecule has 0 fully saturated rings.